The molecule has 0 unspecified atom stereocenters. The van der Waals surface area contributed by atoms with Gasteiger partial charge < -0.3 is 15.5 Å². The van der Waals surface area contributed by atoms with Gasteiger partial charge in [0.15, 0.2) is 6.61 Å². The first kappa shape index (κ1) is 15.5. The van der Waals surface area contributed by atoms with Gasteiger partial charge in [-0.1, -0.05) is 5.16 Å². The van der Waals surface area contributed by atoms with Crippen molar-refractivity contribution in [3.63, 3.8) is 0 Å². The van der Waals surface area contributed by atoms with E-state index in [1.54, 1.807) is 6.92 Å². The van der Waals surface area contributed by atoms with Crippen molar-refractivity contribution in [1.82, 2.24) is 5.32 Å². The van der Waals surface area contributed by atoms with E-state index < -0.39 is 17.5 Å². The average Bonchev–Trinajstić information content (AvgIpc) is 2.38. The van der Waals surface area contributed by atoms with Crippen LogP contribution in [0.3, 0.4) is 0 Å². The third kappa shape index (κ3) is 5.42. The number of halogens is 2. The second kappa shape index (κ2) is 7.82. The number of hydrogen-bond donors (Lipinski definition) is 2. The Morgan fingerprint density at radius 3 is 2.80 bits per heavy atom. The van der Waals surface area contributed by atoms with E-state index >= 15 is 0 Å². The molecule has 0 aromatic heterocycles. The predicted octanol–water partition coefficient (Wildman–Crippen LogP) is 1.04. The highest BCUT2D eigenvalue weighted by atomic mass is 19.1. The molecule has 0 bridgehead atoms. The van der Waals surface area contributed by atoms with E-state index in [0.29, 0.717) is 12.6 Å². The predicted molar refractivity (Wildman–Crippen MR) is 68.1 cm³/mol. The van der Waals surface area contributed by atoms with Gasteiger partial charge in [0, 0.05) is 12.6 Å². The standard InChI is InChI=1S/C12H13F2N3O3/c1-2-15-12(19)7-20-16-6-11(18)17-10-4-3-8(13)5-9(10)14/h3-6H,2,7H2,1H3,(H,15,19)(H,17,18). The molecular formula is C12H13F2N3O3. The van der Waals surface area contributed by atoms with Gasteiger partial charge in [0.25, 0.3) is 11.8 Å². The van der Waals surface area contributed by atoms with Crippen LogP contribution in [0.5, 0.6) is 0 Å². The topological polar surface area (TPSA) is 79.8 Å². The van der Waals surface area contributed by atoms with Crippen molar-refractivity contribution in [3.05, 3.63) is 29.8 Å². The summed E-state index contributed by atoms with van der Waals surface area (Å²) in [5.41, 5.74) is -0.188. The number of likely N-dealkylation sites (N-methyl/N-ethyl adjacent to an activating group) is 1. The Balaban J connectivity index is 2.41. The fraction of sp³-hybridized carbons (Fsp3) is 0.250. The summed E-state index contributed by atoms with van der Waals surface area (Å²) in [6.45, 7) is 1.87. The van der Waals surface area contributed by atoms with Crippen LogP contribution >= 0.6 is 0 Å². The van der Waals surface area contributed by atoms with Gasteiger partial charge in [-0.05, 0) is 19.1 Å². The quantitative estimate of drug-likeness (QED) is 0.605. The molecule has 0 saturated heterocycles. The molecule has 2 N–H and O–H groups in total. The second-order valence-corrected chi connectivity index (χ2v) is 3.57. The molecule has 1 aromatic carbocycles. The van der Waals surface area contributed by atoms with Crippen LogP contribution in [0.1, 0.15) is 6.92 Å². The number of amides is 2. The van der Waals surface area contributed by atoms with E-state index in [0.717, 1.165) is 18.3 Å². The van der Waals surface area contributed by atoms with Crippen molar-refractivity contribution >= 4 is 23.7 Å². The Labute approximate surface area is 113 Å². The summed E-state index contributed by atoms with van der Waals surface area (Å²) in [5.74, 6) is -2.81. The minimum atomic E-state index is -0.907. The third-order valence-electron chi connectivity index (χ3n) is 2.00. The molecule has 108 valence electrons. The van der Waals surface area contributed by atoms with Crippen molar-refractivity contribution in [1.29, 1.82) is 0 Å². The summed E-state index contributed by atoms with van der Waals surface area (Å²) in [5, 5.41) is 7.85. The molecule has 20 heavy (non-hydrogen) atoms. The van der Waals surface area contributed by atoms with Gasteiger partial charge in [-0.15, -0.1) is 0 Å². The smallest absolute Gasteiger partial charge is 0.270 e. The monoisotopic (exact) mass is 285 g/mol. The lowest BCUT2D eigenvalue weighted by Crippen LogP contribution is -2.26. The van der Waals surface area contributed by atoms with Crippen molar-refractivity contribution < 1.29 is 23.2 Å². The van der Waals surface area contributed by atoms with Crippen LogP contribution in [0.4, 0.5) is 14.5 Å². The first-order valence-corrected chi connectivity index (χ1v) is 5.71. The number of nitrogens with zero attached hydrogens (tertiary/aromatic N) is 1. The van der Waals surface area contributed by atoms with Crippen LogP contribution < -0.4 is 10.6 Å². The Morgan fingerprint density at radius 1 is 1.40 bits per heavy atom. The number of nitrogens with one attached hydrogen (secondary N) is 2. The summed E-state index contributed by atoms with van der Waals surface area (Å²) < 4.78 is 25.8. The second-order valence-electron chi connectivity index (χ2n) is 3.57. The highest BCUT2D eigenvalue weighted by molar-refractivity contribution is 6.31. The number of hydrogen-bond acceptors (Lipinski definition) is 4. The van der Waals surface area contributed by atoms with E-state index in [2.05, 4.69) is 20.6 Å². The maximum atomic E-state index is 13.2. The molecule has 8 heteroatoms. The van der Waals surface area contributed by atoms with Crippen LogP contribution in [0.25, 0.3) is 0 Å². The number of oxime groups is 1. The first-order valence-electron chi connectivity index (χ1n) is 5.71. The molecule has 0 radical (unpaired) electrons. The van der Waals surface area contributed by atoms with Gasteiger partial charge >= 0.3 is 0 Å². The maximum Gasteiger partial charge on any atom is 0.270 e. The minimum Gasteiger partial charge on any atom is -0.386 e. The van der Waals surface area contributed by atoms with Crippen LogP contribution in [-0.4, -0.2) is 31.2 Å². The first-order chi connectivity index (χ1) is 9.52. The van der Waals surface area contributed by atoms with E-state index in [9.17, 15) is 18.4 Å². The summed E-state index contributed by atoms with van der Waals surface area (Å²) in [7, 11) is 0. The maximum absolute atomic E-state index is 13.2. The zero-order valence-electron chi connectivity index (χ0n) is 10.7. The van der Waals surface area contributed by atoms with Gasteiger partial charge in [0.1, 0.15) is 17.8 Å². The van der Waals surface area contributed by atoms with E-state index in [1.165, 1.54) is 0 Å². The molecule has 0 spiro atoms. The van der Waals surface area contributed by atoms with Crippen molar-refractivity contribution in [2.75, 3.05) is 18.5 Å². The molecule has 0 fully saturated rings. The normalized spacial score (nSPS) is 10.3. The summed E-state index contributed by atoms with van der Waals surface area (Å²) in [4.78, 5) is 26.8. The lowest BCUT2D eigenvalue weighted by molar-refractivity contribution is -0.125. The molecule has 0 aliphatic heterocycles. The molecular weight excluding hydrogens is 272 g/mol. The Kier molecular flexibility index (Phi) is 6.08. The number of carbonyl (C=O) groups is 2. The van der Waals surface area contributed by atoms with Gasteiger partial charge in [0.05, 0.1) is 5.69 Å². The summed E-state index contributed by atoms with van der Waals surface area (Å²) in [6.07, 6.45) is 0.738. The third-order valence-corrected chi connectivity index (χ3v) is 2.00. The molecule has 0 atom stereocenters. The Bertz CT molecular complexity index is 521. The molecule has 0 heterocycles. The molecule has 2 amide bonds. The average molecular weight is 285 g/mol. The fourth-order valence-electron chi connectivity index (χ4n) is 1.19. The van der Waals surface area contributed by atoms with Crippen LogP contribution in [0.2, 0.25) is 0 Å². The Morgan fingerprint density at radius 2 is 2.15 bits per heavy atom. The zero-order valence-corrected chi connectivity index (χ0v) is 10.7. The lowest BCUT2D eigenvalue weighted by atomic mass is 10.3. The molecule has 6 nitrogen and oxygen atoms in total. The molecule has 0 aliphatic carbocycles. The summed E-state index contributed by atoms with van der Waals surface area (Å²) >= 11 is 0. The van der Waals surface area contributed by atoms with Crippen LogP contribution in [0.15, 0.2) is 23.4 Å². The summed E-state index contributed by atoms with van der Waals surface area (Å²) in [6, 6.07) is 2.71. The SMILES string of the molecule is CCNC(=O)CON=CC(=O)Nc1ccc(F)cc1F. The van der Waals surface area contributed by atoms with Crippen molar-refractivity contribution in [3.8, 4) is 0 Å². The highest BCUT2D eigenvalue weighted by Crippen LogP contribution is 2.14. The van der Waals surface area contributed by atoms with E-state index in [4.69, 9.17) is 0 Å². The number of benzene rings is 1. The van der Waals surface area contributed by atoms with Gasteiger partial charge in [-0.2, -0.15) is 0 Å². The lowest BCUT2D eigenvalue weighted by Gasteiger charge is -2.03. The number of carbonyl (C=O) groups excluding carboxylic acids is 2. The van der Waals surface area contributed by atoms with Gasteiger partial charge in [0.2, 0.25) is 0 Å². The molecule has 0 aliphatic rings. The molecule has 0 saturated carbocycles. The zero-order chi connectivity index (χ0) is 15.0. The van der Waals surface area contributed by atoms with Crippen LogP contribution in [0, 0.1) is 11.6 Å². The highest BCUT2D eigenvalue weighted by Gasteiger charge is 2.06. The largest absolute Gasteiger partial charge is 0.386 e. The molecule has 1 aromatic rings. The molecule has 1 rings (SSSR count). The minimum absolute atomic E-state index is 0.188. The van der Waals surface area contributed by atoms with Crippen molar-refractivity contribution in [2.45, 2.75) is 6.92 Å². The number of rotatable bonds is 6. The Hall–Kier alpha value is -2.51. The van der Waals surface area contributed by atoms with E-state index in [1.807, 2.05) is 0 Å². The fourth-order valence-corrected chi connectivity index (χ4v) is 1.19. The number of anilines is 1. The van der Waals surface area contributed by atoms with Gasteiger partial charge in [-0.3, -0.25) is 9.59 Å². The van der Waals surface area contributed by atoms with Crippen molar-refractivity contribution in [2.24, 2.45) is 5.16 Å². The van der Waals surface area contributed by atoms with E-state index in [-0.39, 0.29) is 18.2 Å². The van der Waals surface area contributed by atoms with Crippen LogP contribution in [-0.2, 0) is 14.4 Å². The van der Waals surface area contributed by atoms with Gasteiger partial charge in [-0.25, -0.2) is 8.78 Å².